The second-order valence-corrected chi connectivity index (χ2v) is 27.5. The van der Waals surface area contributed by atoms with Crippen molar-refractivity contribution in [1.82, 2.24) is 0 Å². The zero-order valence-corrected chi connectivity index (χ0v) is 56.7. The molecule has 0 saturated carbocycles. The van der Waals surface area contributed by atoms with Crippen molar-refractivity contribution in [2.24, 2.45) is 11.8 Å². The van der Waals surface area contributed by atoms with Gasteiger partial charge in [-0.15, -0.1) is 0 Å². The number of esters is 4. The lowest BCUT2D eigenvalue weighted by atomic mass is 10.00. The van der Waals surface area contributed by atoms with Gasteiger partial charge in [-0.3, -0.25) is 37.3 Å². The van der Waals surface area contributed by atoms with Gasteiger partial charge in [0, 0.05) is 25.7 Å². The molecule has 0 fully saturated rings. The quantitative estimate of drug-likeness (QED) is 0.0222. The molecule has 0 spiro atoms. The SMILES string of the molecule is CCCCCCCCCCCCC(=O)O[C@H](COC(=O)CCCCCCCCCC)COP(=O)(O)OC[C@H](O)COP(=O)(O)OC[C@@H](COC(=O)CCCCCCCCC(C)CC)OC(=O)CCCCCCCCCCCCCCCCC(C)C. The third-order valence-corrected chi connectivity index (χ3v) is 17.5. The summed E-state index contributed by atoms with van der Waals surface area (Å²) in [5, 5.41) is 10.5. The monoisotopic (exact) mass is 1250 g/mol. The summed E-state index contributed by atoms with van der Waals surface area (Å²) in [5.74, 6) is -0.608. The minimum absolute atomic E-state index is 0.106. The largest absolute Gasteiger partial charge is 0.472 e. The van der Waals surface area contributed by atoms with E-state index in [2.05, 4.69) is 41.5 Å². The predicted octanol–water partition coefficient (Wildman–Crippen LogP) is 18.4. The minimum atomic E-state index is -4.95. The van der Waals surface area contributed by atoms with E-state index in [4.69, 9.17) is 37.0 Å². The lowest BCUT2D eigenvalue weighted by Crippen LogP contribution is -2.30. The Balaban J connectivity index is 5.20. The Morgan fingerprint density at radius 2 is 0.600 bits per heavy atom. The Bertz CT molecular complexity index is 1670. The maximum absolute atomic E-state index is 13.0. The summed E-state index contributed by atoms with van der Waals surface area (Å²) in [7, 11) is -9.89. The van der Waals surface area contributed by atoms with E-state index < -0.39 is 97.5 Å². The van der Waals surface area contributed by atoms with Crippen LogP contribution in [-0.2, 0) is 65.4 Å². The van der Waals surface area contributed by atoms with E-state index in [0.717, 1.165) is 115 Å². The Labute approximate surface area is 517 Å². The highest BCUT2D eigenvalue weighted by Crippen LogP contribution is 2.45. The maximum atomic E-state index is 13.0. The number of unbranched alkanes of at least 4 members (excludes halogenated alkanes) is 34. The lowest BCUT2D eigenvalue weighted by molar-refractivity contribution is -0.161. The predicted molar refractivity (Wildman–Crippen MR) is 340 cm³/mol. The number of aliphatic hydroxyl groups excluding tert-OH is 1. The molecular weight excluding hydrogens is 1130 g/mol. The van der Waals surface area contributed by atoms with Crippen LogP contribution in [0.2, 0.25) is 0 Å². The molecule has 0 amide bonds. The molecule has 3 N–H and O–H groups in total. The van der Waals surface area contributed by atoms with E-state index in [1.54, 1.807) is 0 Å². The topological polar surface area (TPSA) is 237 Å². The average Bonchev–Trinajstić information content (AvgIpc) is 3.49. The smallest absolute Gasteiger partial charge is 0.462 e. The van der Waals surface area contributed by atoms with Crippen LogP contribution in [0.3, 0.4) is 0 Å². The van der Waals surface area contributed by atoms with Gasteiger partial charge in [-0.25, -0.2) is 9.13 Å². The van der Waals surface area contributed by atoms with Crippen LogP contribution >= 0.6 is 15.6 Å². The summed E-state index contributed by atoms with van der Waals surface area (Å²) in [6, 6.07) is 0. The molecule has 0 aromatic rings. The van der Waals surface area contributed by atoms with Crippen molar-refractivity contribution >= 4 is 39.5 Å². The molecule has 504 valence electrons. The van der Waals surface area contributed by atoms with Crippen LogP contribution in [0.1, 0.15) is 330 Å². The zero-order valence-electron chi connectivity index (χ0n) is 54.9. The average molecular weight is 1260 g/mol. The fourth-order valence-corrected chi connectivity index (χ4v) is 11.4. The number of aliphatic hydroxyl groups is 1. The van der Waals surface area contributed by atoms with E-state index in [1.807, 2.05) is 0 Å². The molecule has 0 saturated heterocycles. The molecule has 0 aromatic carbocycles. The molecule has 17 nitrogen and oxygen atoms in total. The molecule has 0 aliphatic rings. The summed E-state index contributed by atoms with van der Waals surface area (Å²) in [6.07, 6.45) is 41.7. The normalized spacial score (nSPS) is 14.6. The number of hydrogen-bond acceptors (Lipinski definition) is 15. The number of phosphoric acid groups is 2. The minimum Gasteiger partial charge on any atom is -0.462 e. The molecule has 85 heavy (non-hydrogen) atoms. The first-order valence-electron chi connectivity index (χ1n) is 34.5. The van der Waals surface area contributed by atoms with E-state index in [0.29, 0.717) is 25.7 Å². The van der Waals surface area contributed by atoms with Gasteiger partial charge in [-0.2, -0.15) is 0 Å². The fourth-order valence-electron chi connectivity index (χ4n) is 9.85. The lowest BCUT2D eigenvalue weighted by Gasteiger charge is -2.21. The summed E-state index contributed by atoms with van der Waals surface area (Å²) in [4.78, 5) is 72.2. The highest BCUT2D eigenvalue weighted by atomic mass is 31.2. The number of hydrogen-bond donors (Lipinski definition) is 3. The van der Waals surface area contributed by atoms with Crippen LogP contribution in [0.5, 0.6) is 0 Å². The van der Waals surface area contributed by atoms with E-state index in [9.17, 15) is 43.2 Å². The van der Waals surface area contributed by atoms with Gasteiger partial charge in [-0.05, 0) is 37.5 Å². The Morgan fingerprint density at radius 3 is 0.894 bits per heavy atom. The molecule has 0 aliphatic carbocycles. The van der Waals surface area contributed by atoms with Crippen molar-refractivity contribution in [2.75, 3.05) is 39.6 Å². The number of phosphoric ester groups is 2. The second-order valence-electron chi connectivity index (χ2n) is 24.6. The van der Waals surface area contributed by atoms with E-state index in [1.165, 1.54) is 135 Å². The zero-order chi connectivity index (χ0) is 62.9. The Morgan fingerprint density at radius 1 is 0.341 bits per heavy atom. The van der Waals surface area contributed by atoms with Gasteiger partial charge in [-0.1, -0.05) is 279 Å². The van der Waals surface area contributed by atoms with Gasteiger partial charge in [0.1, 0.15) is 19.3 Å². The van der Waals surface area contributed by atoms with Crippen molar-refractivity contribution in [3.8, 4) is 0 Å². The van der Waals surface area contributed by atoms with Crippen molar-refractivity contribution < 1.29 is 80.2 Å². The molecule has 6 atom stereocenters. The third-order valence-electron chi connectivity index (χ3n) is 15.6. The van der Waals surface area contributed by atoms with Gasteiger partial charge in [0.15, 0.2) is 12.2 Å². The third kappa shape index (κ3) is 59.5. The molecule has 0 heterocycles. The first kappa shape index (κ1) is 83.1. The molecule has 0 aromatic heterocycles. The number of carbonyl (C=O) groups excluding carboxylic acids is 4. The van der Waals surface area contributed by atoms with Crippen LogP contribution < -0.4 is 0 Å². The second kappa shape index (κ2) is 58.4. The summed E-state index contributed by atoms with van der Waals surface area (Å²) in [5.41, 5.74) is 0. The van der Waals surface area contributed by atoms with Crippen molar-refractivity contribution in [2.45, 2.75) is 349 Å². The van der Waals surface area contributed by atoms with Gasteiger partial charge >= 0.3 is 39.5 Å². The van der Waals surface area contributed by atoms with Crippen LogP contribution in [0, 0.1) is 11.8 Å². The van der Waals surface area contributed by atoms with Crippen LogP contribution in [0.25, 0.3) is 0 Å². The van der Waals surface area contributed by atoms with Gasteiger partial charge in [0.25, 0.3) is 0 Å². The molecule has 0 aliphatic heterocycles. The number of rotatable bonds is 65. The highest BCUT2D eigenvalue weighted by molar-refractivity contribution is 7.47. The molecule has 0 radical (unpaired) electrons. The first-order chi connectivity index (χ1) is 40.9. The summed E-state index contributed by atoms with van der Waals surface area (Å²) < 4.78 is 68.0. The van der Waals surface area contributed by atoms with E-state index >= 15 is 0 Å². The van der Waals surface area contributed by atoms with Crippen molar-refractivity contribution in [3.63, 3.8) is 0 Å². The van der Waals surface area contributed by atoms with Crippen LogP contribution in [0.4, 0.5) is 0 Å². The molecule has 0 bridgehead atoms. The van der Waals surface area contributed by atoms with Gasteiger partial charge in [0.05, 0.1) is 26.4 Å². The fraction of sp³-hybridized carbons (Fsp3) is 0.939. The molecular formula is C66H128O17P2. The van der Waals surface area contributed by atoms with E-state index in [-0.39, 0.29) is 25.7 Å². The van der Waals surface area contributed by atoms with Crippen LogP contribution in [-0.4, -0.2) is 96.7 Å². The summed E-state index contributed by atoms with van der Waals surface area (Å²) >= 11 is 0. The Hall–Kier alpha value is -1.94. The van der Waals surface area contributed by atoms with Crippen molar-refractivity contribution in [3.05, 3.63) is 0 Å². The number of ether oxygens (including phenoxy) is 4. The Kier molecular flexibility index (Phi) is 57.1. The summed E-state index contributed by atoms with van der Waals surface area (Å²) in [6.45, 7) is 9.46. The van der Waals surface area contributed by atoms with Gasteiger partial charge < -0.3 is 33.8 Å². The standard InChI is InChI=1S/C66H128O17P2/c1-7-10-12-14-16-18-26-30-38-44-50-65(70)82-61(54-76-63(68)48-42-36-29-17-15-13-11-8-2)56-80-84(72,73)78-52-60(67)53-79-85(74,75)81-57-62(55-77-64(69)49-43-37-33-32-35-41-47-59(6)9-3)83-66(71)51-45-39-31-27-24-22-20-19-21-23-25-28-34-40-46-58(4)5/h58-62,67H,7-57H2,1-6H3,(H,72,73)(H,74,75)/t59?,60-,61+,62+/m0/s1. The highest BCUT2D eigenvalue weighted by Gasteiger charge is 2.30. The number of carbonyl (C=O) groups is 4. The maximum Gasteiger partial charge on any atom is 0.472 e. The molecule has 0 rings (SSSR count). The molecule has 3 unspecified atom stereocenters. The van der Waals surface area contributed by atoms with Gasteiger partial charge in [0.2, 0.25) is 0 Å². The first-order valence-corrected chi connectivity index (χ1v) is 37.5. The van der Waals surface area contributed by atoms with Crippen LogP contribution in [0.15, 0.2) is 0 Å². The van der Waals surface area contributed by atoms with Crippen molar-refractivity contribution in [1.29, 1.82) is 0 Å². The molecule has 19 heteroatoms.